The van der Waals surface area contributed by atoms with Crippen molar-refractivity contribution in [2.24, 2.45) is 0 Å². The zero-order chi connectivity index (χ0) is 25.9. The maximum Gasteiger partial charge on any atom is 0.171 e. The maximum atomic E-state index is 14.6. The summed E-state index contributed by atoms with van der Waals surface area (Å²) in [7, 11) is 0. The molecule has 0 atom stereocenters. The van der Waals surface area contributed by atoms with Crippen LogP contribution in [0.5, 0.6) is 0 Å². The van der Waals surface area contributed by atoms with Gasteiger partial charge in [-0.15, -0.1) is 0 Å². The predicted octanol–water partition coefficient (Wildman–Crippen LogP) is 8.81. The first kappa shape index (κ1) is 21.7. The molecule has 0 unspecified atom stereocenters. The van der Waals surface area contributed by atoms with E-state index in [1.54, 1.807) is 6.07 Å². The van der Waals surface area contributed by atoms with Gasteiger partial charge in [-0.25, -0.2) is 19.3 Å². The molecular formula is C33H18FN3O2. The van der Waals surface area contributed by atoms with Crippen LogP contribution in [-0.4, -0.2) is 15.0 Å². The Morgan fingerprint density at radius 2 is 1.03 bits per heavy atom. The quantitative estimate of drug-likeness (QED) is 0.239. The van der Waals surface area contributed by atoms with Crippen molar-refractivity contribution in [3.8, 4) is 34.2 Å². The Hall–Kier alpha value is -5.36. The van der Waals surface area contributed by atoms with Crippen molar-refractivity contribution < 1.29 is 13.2 Å². The first-order valence-corrected chi connectivity index (χ1v) is 12.6. The van der Waals surface area contributed by atoms with Gasteiger partial charge in [0.05, 0.1) is 0 Å². The molecular weight excluding hydrogens is 489 g/mol. The summed E-state index contributed by atoms with van der Waals surface area (Å²) in [5.41, 5.74) is 4.78. The Bertz CT molecular complexity index is 2200. The minimum atomic E-state index is -0.408. The molecule has 0 radical (unpaired) electrons. The SMILES string of the molecule is Fc1cccc2c1oc1cccc(-c3nc(-c4ccccc4)nc(-c4cccc5oc6ccccc6c45)n3)c12. The number of hydrogen-bond acceptors (Lipinski definition) is 5. The van der Waals surface area contributed by atoms with E-state index in [1.807, 2.05) is 97.1 Å². The van der Waals surface area contributed by atoms with Crippen molar-refractivity contribution in [1.29, 1.82) is 0 Å². The molecule has 0 saturated heterocycles. The van der Waals surface area contributed by atoms with E-state index in [0.717, 1.165) is 44.0 Å². The summed E-state index contributed by atoms with van der Waals surface area (Å²) < 4.78 is 26.7. The van der Waals surface area contributed by atoms with Gasteiger partial charge in [0.2, 0.25) is 0 Å². The van der Waals surface area contributed by atoms with Gasteiger partial charge in [-0.1, -0.05) is 84.9 Å². The number of nitrogens with zero attached hydrogens (tertiary/aromatic N) is 3. The van der Waals surface area contributed by atoms with Crippen LogP contribution >= 0.6 is 0 Å². The standard InChI is InChI=1S/C33H18FN3O2/c34-24-15-6-12-21-29-23(14-8-18-27(29)39-30(21)24)33-36-31(19-9-2-1-3-10-19)35-32(37-33)22-13-7-17-26-28(22)20-11-4-5-16-25(20)38-26/h1-18H. The minimum Gasteiger partial charge on any atom is -0.456 e. The van der Waals surface area contributed by atoms with Crippen LogP contribution < -0.4 is 0 Å². The first-order chi connectivity index (χ1) is 19.2. The van der Waals surface area contributed by atoms with Gasteiger partial charge in [0, 0.05) is 38.2 Å². The molecule has 0 spiro atoms. The van der Waals surface area contributed by atoms with Gasteiger partial charge in [0.1, 0.15) is 16.7 Å². The van der Waals surface area contributed by atoms with Crippen molar-refractivity contribution in [2.75, 3.05) is 0 Å². The molecule has 0 aliphatic carbocycles. The molecule has 0 N–H and O–H groups in total. The summed E-state index contributed by atoms with van der Waals surface area (Å²) in [5, 5.41) is 3.37. The van der Waals surface area contributed by atoms with Crippen molar-refractivity contribution in [1.82, 2.24) is 15.0 Å². The summed E-state index contributed by atoms with van der Waals surface area (Å²) in [6.07, 6.45) is 0. The van der Waals surface area contributed by atoms with Crippen LogP contribution in [0.25, 0.3) is 78.0 Å². The van der Waals surface area contributed by atoms with Crippen LogP contribution in [0.1, 0.15) is 0 Å². The number of para-hydroxylation sites is 2. The summed E-state index contributed by atoms with van der Waals surface area (Å²) >= 11 is 0. The smallest absolute Gasteiger partial charge is 0.171 e. The third-order valence-corrected chi connectivity index (χ3v) is 7.03. The molecule has 184 valence electrons. The predicted molar refractivity (Wildman–Crippen MR) is 151 cm³/mol. The highest BCUT2D eigenvalue weighted by Gasteiger charge is 2.20. The molecule has 6 heteroatoms. The molecule has 3 aromatic heterocycles. The Kier molecular flexibility index (Phi) is 4.63. The number of fused-ring (bicyclic) bond motifs is 6. The molecule has 5 nitrogen and oxygen atoms in total. The van der Waals surface area contributed by atoms with Crippen LogP contribution in [0.4, 0.5) is 4.39 Å². The second-order valence-corrected chi connectivity index (χ2v) is 9.35. The van der Waals surface area contributed by atoms with E-state index in [9.17, 15) is 4.39 Å². The third-order valence-electron chi connectivity index (χ3n) is 7.03. The molecule has 0 saturated carbocycles. The molecule has 8 aromatic rings. The van der Waals surface area contributed by atoms with Crippen LogP contribution in [0, 0.1) is 5.82 Å². The fraction of sp³-hybridized carbons (Fsp3) is 0. The Labute approximate surface area is 221 Å². The van der Waals surface area contributed by atoms with Crippen molar-refractivity contribution >= 4 is 43.9 Å². The zero-order valence-corrected chi connectivity index (χ0v) is 20.4. The molecule has 5 aromatic carbocycles. The van der Waals surface area contributed by atoms with E-state index >= 15 is 0 Å². The average Bonchev–Trinajstić information content (AvgIpc) is 3.57. The van der Waals surface area contributed by atoms with Crippen molar-refractivity contribution in [3.63, 3.8) is 0 Å². The number of aromatic nitrogens is 3. The van der Waals surface area contributed by atoms with Crippen LogP contribution in [-0.2, 0) is 0 Å². The third kappa shape index (κ3) is 3.35. The van der Waals surface area contributed by atoms with E-state index in [4.69, 9.17) is 23.8 Å². The highest BCUT2D eigenvalue weighted by molar-refractivity contribution is 6.13. The van der Waals surface area contributed by atoms with E-state index in [-0.39, 0.29) is 5.58 Å². The van der Waals surface area contributed by atoms with E-state index < -0.39 is 5.82 Å². The highest BCUT2D eigenvalue weighted by atomic mass is 19.1. The van der Waals surface area contributed by atoms with Gasteiger partial charge in [0.25, 0.3) is 0 Å². The average molecular weight is 508 g/mol. The summed E-state index contributed by atoms with van der Waals surface area (Å²) in [5.74, 6) is 1.12. The Balaban J connectivity index is 1.46. The molecule has 8 rings (SSSR count). The number of benzene rings is 5. The maximum absolute atomic E-state index is 14.6. The van der Waals surface area contributed by atoms with Crippen LogP contribution in [0.3, 0.4) is 0 Å². The van der Waals surface area contributed by atoms with Gasteiger partial charge >= 0.3 is 0 Å². The van der Waals surface area contributed by atoms with E-state index in [1.165, 1.54) is 6.07 Å². The summed E-state index contributed by atoms with van der Waals surface area (Å²) in [6.45, 7) is 0. The lowest BCUT2D eigenvalue weighted by atomic mass is 10.0. The van der Waals surface area contributed by atoms with Gasteiger partial charge in [0.15, 0.2) is 28.9 Å². The summed E-state index contributed by atoms with van der Waals surface area (Å²) in [4.78, 5) is 14.8. The molecule has 0 bridgehead atoms. The second-order valence-electron chi connectivity index (χ2n) is 9.35. The number of rotatable bonds is 3. The molecule has 3 heterocycles. The van der Waals surface area contributed by atoms with Gasteiger partial charge in [-0.05, 0) is 24.3 Å². The molecule has 39 heavy (non-hydrogen) atoms. The van der Waals surface area contributed by atoms with E-state index in [0.29, 0.717) is 28.4 Å². The number of halogens is 1. The van der Waals surface area contributed by atoms with Crippen LogP contribution in [0.2, 0.25) is 0 Å². The Morgan fingerprint density at radius 1 is 0.462 bits per heavy atom. The first-order valence-electron chi connectivity index (χ1n) is 12.6. The zero-order valence-electron chi connectivity index (χ0n) is 20.4. The van der Waals surface area contributed by atoms with Gasteiger partial charge in [-0.3, -0.25) is 0 Å². The molecule has 0 amide bonds. The van der Waals surface area contributed by atoms with Gasteiger partial charge in [-0.2, -0.15) is 0 Å². The van der Waals surface area contributed by atoms with Crippen molar-refractivity contribution in [3.05, 3.63) is 115 Å². The fourth-order valence-electron chi connectivity index (χ4n) is 5.29. The lowest BCUT2D eigenvalue weighted by Gasteiger charge is -2.10. The molecule has 0 aliphatic heterocycles. The van der Waals surface area contributed by atoms with Gasteiger partial charge < -0.3 is 8.83 Å². The monoisotopic (exact) mass is 507 g/mol. The largest absolute Gasteiger partial charge is 0.456 e. The summed E-state index contributed by atoms with van der Waals surface area (Å²) in [6, 6.07) is 34.2. The topological polar surface area (TPSA) is 65.0 Å². The second kappa shape index (κ2) is 8.33. The normalized spacial score (nSPS) is 11.7. The van der Waals surface area contributed by atoms with E-state index in [2.05, 4.69) is 0 Å². The number of furan rings is 2. The lowest BCUT2D eigenvalue weighted by molar-refractivity contribution is 0.584. The number of hydrogen-bond donors (Lipinski definition) is 0. The molecule has 0 aliphatic rings. The Morgan fingerprint density at radius 3 is 1.79 bits per heavy atom. The highest BCUT2D eigenvalue weighted by Crippen LogP contribution is 2.39. The lowest BCUT2D eigenvalue weighted by Crippen LogP contribution is -2.00. The fourth-order valence-corrected chi connectivity index (χ4v) is 5.29. The molecule has 0 fully saturated rings. The van der Waals surface area contributed by atoms with Crippen molar-refractivity contribution in [2.45, 2.75) is 0 Å². The van der Waals surface area contributed by atoms with Crippen LogP contribution in [0.15, 0.2) is 118 Å². The minimum absolute atomic E-state index is 0.215.